The standard InChI is InChI=1S/C17H25N3O/c1-20(15-9-5-3-7-13(15)18)16-11-10-12-6-2-4-8-14(12)19-17(16)21/h2,4,6,8,13,15-16H,3,5,7,9-11,18H2,1H3,(H,19,21). The van der Waals surface area contributed by atoms with E-state index in [1.54, 1.807) is 0 Å². The molecule has 3 N–H and O–H groups in total. The Labute approximate surface area is 126 Å². The van der Waals surface area contributed by atoms with Crippen molar-refractivity contribution in [3.8, 4) is 0 Å². The van der Waals surface area contributed by atoms with Gasteiger partial charge in [-0.15, -0.1) is 0 Å². The molecule has 3 atom stereocenters. The van der Waals surface area contributed by atoms with E-state index in [0.717, 1.165) is 31.4 Å². The third-order valence-corrected chi connectivity index (χ3v) is 5.06. The third-order valence-electron chi connectivity index (χ3n) is 5.06. The molecule has 1 heterocycles. The largest absolute Gasteiger partial charge is 0.326 e. The number of hydrogen-bond acceptors (Lipinski definition) is 3. The van der Waals surface area contributed by atoms with Crippen LogP contribution in [-0.4, -0.2) is 36.0 Å². The van der Waals surface area contributed by atoms with Crippen LogP contribution in [-0.2, 0) is 11.2 Å². The maximum atomic E-state index is 12.6. The summed E-state index contributed by atoms with van der Waals surface area (Å²) < 4.78 is 0. The highest BCUT2D eigenvalue weighted by Crippen LogP contribution is 2.27. The normalized spacial score (nSPS) is 29.7. The van der Waals surface area contributed by atoms with Gasteiger partial charge in [-0.3, -0.25) is 9.69 Å². The second-order valence-corrected chi connectivity index (χ2v) is 6.38. The zero-order valence-electron chi connectivity index (χ0n) is 12.7. The quantitative estimate of drug-likeness (QED) is 0.876. The smallest absolute Gasteiger partial charge is 0.241 e. The number of anilines is 1. The number of nitrogens with one attached hydrogen (secondary N) is 1. The molecule has 0 radical (unpaired) electrons. The molecule has 3 rings (SSSR count). The zero-order chi connectivity index (χ0) is 14.8. The van der Waals surface area contributed by atoms with Gasteiger partial charge in [0.2, 0.25) is 5.91 Å². The number of amides is 1. The summed E-state index contributed by atoms with van der Waals surface area (Å²) in [6.45, 7) is 0. The fraction of sp³-hybridized carbons (Fsp3) is 0.588. The molecule has 1 aliphatic carbocycles. The van der Waals surface area contributed by atoms with Gasteiger partial charge in [-0.2, -0.15) is 0 Å². The van der Waals surface area contributed by atoms with Gasteiger partial charge in [0.1, 0.15) is 0 Å². The summed E-state index contributed by atoms with van der Waals surface area (Å²) in [5.74, 6) is 0.111. The average Bonchev–Trinajstić information content (AvgIpc) is 2.65. The average molecular weight is 287 g/mol. The number of benzene rings is 1. The summed E-state index contributed by atoms with van der Waals surface area (Å²) in [6.07, 6.45) is 6.41. The number of nitrogens with two attached hydrogens (primary N) is 1. The number of hydrogen-bond donors (Lipinski definition) is 2. The summed E-state index contributed by atoms with van der Waals surface area (Å²) in [4.78, 5) is 14.8. The number of rotatable bonds is 2. The SMILES string of the molecule is CN(C1CCc2ccccc2NC1=O)C1CCCCC1N. The molecule has 0 aromatic heterocycles. The van der Waals surface area contributed by atoms with Crippen molar-refractivity contribution in [2.45, 2.75) is 56.7 Å². The second kappa shape index (κ2) is 6.16. The number of fused-ring (bicyclic) bond motifs is 1. The Kier molecular flexibility index (Phi) is 4.27. The van der Waals surface area contributed by atoms with Crippen molar-refractivity contribution < 1.29 is 4.79 Å². The lowest BCUT2D eigenvalue weighted by Gasteiger charge is -2.39. The van der Waals surface area contributed by atoms with Crippen LogP contribution in [0.1, 0.15) is 37.7 Å². The molecule has 114 valence electrons. The van der Waals surface area contributed by atoms with Gasteiger partial charge in [0, 0.05) is 17.8 Å². The fourth-order valence-electron chi connectivity index (χ4n) is 3.76. The lowest BCUT2D eigenvalue weighted by atomic mass is 9.88. The third kappa shape index (κ3) is 2.97. The topological polar surface area (TPSA) is 58.4 Å². The Hall–Kier alpha value is -1.39. The number of carbonyl (C=O) groups is 1. The Morgan fingerprint density at radius 3 is 2.76 bits per heavy atom. The van der Waals surface area contributed by atoms with E-state index in [1.165, 1.54) is 18.4 Å². The van der Waals surface area contributed by atoms with Gasteiger partial charge in [0.25, 0.3) is 0 Å². The lowest BCUT2D eigenvalue weighted by molar-refractivity contribution is -0.122. The summed E-state index contributed by atoms with van der Waals surface area (Å²) in [5, 5.41) is 3.09. The molecule has 0 spiro atoms. The molecule has 3 unspecified atom stereocenters. The number of likely N-dealkylation sites (N-methyl/N-ethyl adjacent to an activating group) is 1. The first-order valence-corrected chi connectivity index (χ1v) is 8.03. The summed E-state index contributed by atoms with van der Waals surface area (Å²) in [5.41, 5.74) is 8.48. The molecule has 4 heteroatoms. The first kappa shape index (κ1) is 14.5. The van der Waals surface area contributed by atoms with E-state index >= 15 is 0 Å². The predicted octanol–water partition coefficient (Wildman–Crippen LogP) is 2.14. The first-order chi connectivity index (χ1) is 10.2. The Morgan fingerprint density at radius 2 is 1.95 bits per heavy atom. The van der Waals surface area contributed by atoms with Crippen LogP contribution in [0.5, 0.6) is 0 Å². The van der Waals surface area contributed by atoms with E-state index in [0.29, 0.717) is 6.04 Å². The number of nitrogens with zero attached hydrogens (tertiary/aromatic N) is 1. The lowest BCUT2D eigenvalue weighted by Crippen LogP contribution is -2.54. The number of para-hydroxylation sites is 1. The van der Waals surface area contributed by atoms with Gasteiger partial charge in [-0.1, -0.05) is 31.0 Å². The highest BCUT2D eigenvalue weighted by atomic mass is 16.2. The molecule has 1 saturated carbocycles. The van der Waals surface area contributed by atoms with E-state index in [-0.39, 0.29) is 18.0 Å². The van der Waals surface area contributed by atoms with Crippen molar-refractivity contribution in [2.24, 2.45) is 5.73 Å². The van der Waals surface area contributed by atoms with Gasteiger partial charge >= 0.3 is 0 Å². The van der Waals surface area contributed by atoms with E-state index in [9.17, 15) is 4.79 Å². The van der Waals surface area contributed by atoms with E-state index in [1.807, 2.05) is 18.2 Å². The second-order valence-electron chi connectivity index (χ2n) is 6.38. The van der Waals surface area contributed by atoms with Gasteiger partial charge in [-0.05, 0) is 44.4 Å². The maximum Gasteiger partial charge on any atom is 0.241 e. The van der Waals surface area contributed by atoms with Crippen LogP contribution >= 0.6 is 0 Å². The minimum absolute atomic E-state index is 0.0773. The van der Waals surface area contributed by atoms with E-state index < -0.39 is 0 Å². The van der Waals surface area contributed by atoms with E-state index in [4.69, 9.17) is 5.73 Å². The molecule has 4 nitrogen and oxygen atoms in total. The Morgan fingerprint density at radius 1 is 1.19 bits per heavy atom. The van der Waals surface area contributed by atoms with Crippen molar-refractivity contribution in [3.63, 3.8) is 0 Å². The highest BCUT2D eigenvalue weighted by molar-refractivity contribution is 5.96. The molecule has 0 saturated heterocycles. The molecule has 1 aromatic carbocycles. The molecule has 21 heavy (non-hydrogen) atoms. The summed E-state index contributed by atoms with van der Waals surface area (Å²) in [6, 6.07) is 8.54. The highest BCUT2D eigenvalue weighted by Gasteiger charge is 2.34. The molecule has 1 amide bonds. The molecule has 1 aliphatic heterocycles. The minimum atomic E-state index is -0.0773. The van der Waals surface area contributed by atoms with Crippen molar-refractivity contribution in [2.75, 3.05) is 12.4 Å². The van der Waals surface area contributed by atoms with Crippen molar-refractivity contribution >= 4 is 11.6 Å². The fourth-order valence-corrected chi connectivity index (χ4v) is 3.76. The van der Waals surface area contributed by atoms with Crippen LogP contribution in [0.4, 0.5) is 5.69 Å². The minimum Gasteiger partial charge on any atom is -0.326 e. The van der Waals surface area contributed by atoms with Gasteiger partial charge in [0.05, 0.1) is 6.04 Å². The molecule has 0 bridgehead atoms. The van der Waals surface area contributed by atoms with Crippen LogP contribution in [0.25, 0.3) is 0 Å². The summed E-state index contributed by atoms with van der Waals surface area (Å²) in [7, 11) is 2.07. The van der Waals surface area contributed by atoms with Crippen LogP contribution in [0.2, 0.25) is 0 Å². The first-order valence-electron chi connectivity index (χ1n) is 8.03. The molecule has 2 aliphatic rings. The Bertz CT molecular complexity index is 517. The van der Waals surface area contributed by atoms with Gasteiger partial charge in [-0.25, -0.2) is 0 Å². The molecule has 1 aromatic rings. The van der Waals surface area contributed by atoms with Crippen LogP contribution < -0.4 is 11.1 Å². The molecular formula is C17H25N3O. The van der Waals surface area contributed by atoms with Crippen LogP contribution in [0.15, 0.2) is 24.3 Å². The van der Waals surface area contributed by atoms with Gasteiger partial charge < -0.3 is 11.1 Å². The Balaban J connectivity index is 1.75. The van der Waals surface area contributed by atoms with Crippen molar-refractivity contribution in [1.29, 1.82) is 0 Å². The number of aryl methyl sites for hydroxylation is 1. The van der Waals surface area contributed by atoms with E-state index in [2.05, 4.69) is 23.3 Å². The monoisotopic (exact) mass is 287 g/mol. The van der Waals surface area contributed by atoms with Crippen molar-refractivity contribution in [1.82, 2.24) is 4.90 Å². The zero-order valence-corrected chi connectivity index (χ0v) is 12.7. The molecule has 1 fully saturated rings. The summed E-state index contributed by atoms with van der Waals surface area (Å²) >= 11 is 0. The van der Waals surface area contributed by atoms with Crippen LogP contribution in [0, 0.1) is 0 Å². The maximum absolute atomic E-state index is 12.6. The van der Waals surface area contributed by atoms with Crippen molar-refractivity contribution in [3.05, 3.63) is 29.8 Å². The predicted molar refractivity (Wildman–Crippen MR) is 85.2 cm³/mol. The van der Waals surface area contributed by atoms with Gasteiger partial charge in [0.15, 0.2) is 0 Å². The van der Waals surface area contributed by atoms with Crippen LogP contribution in [0.3, 0.4) is 0 Å². The number of carbonyl (C=O) groups excluding carboxylic acids is 1. The molecular weight excluding hydrogens is 262 g/mol.